The minimum Gasteiger partial charge on any atom is -0.444 e. The average Bonchev–Trinajstić information content (AvgIpc) is 3.31. The molecule has 1 saturated heterocycles. The zero-order valence-electron chi connectivity index (χ0n) is 26.0. The van der Waals surface area contributed by atoms with Gasteiger partial charge in [0.2, 0.25) is 12.3 Å². The molecule has 0 bridgehead atoms. The minimum absolute atomic E-state index is 0.00194. The number of benzene rings is 2. The third-order valence-electron chi connectivity index (χ3n) is 6.43. The van der Waals surface area contributed by atoms with E-state index in [9.17, 15) is 24.3 Å². The maximum atomic E-state index is 12.9. The molecule has 3 rings (SSSR count). The minimum atomic E-state index is -1.37. The fourth-order valence-corrected chi connectivity index (χ4v) is 5.22. The Kier molecular flexibility index (Phi) is 14.0. The van der Waals surface area contributed by atoms with E-state index in [1.165, 1.54) is 11.1 Å². The van der Waals surface area contributed by atoms with Crippen LogP contribution in [-0.4, -0.2) is 75.8 Å². The lowest BCUT2D eigenvalue weighted by Crippen LogP contribution is -2.53. The Hall–Kier alpha value is -3.57. The summed E-state index contributed by atoms with van der Waals surface area (Å²) in [5.74, 6) is -0.254. The fourth-order valence-electron chi connectivity index (χ4n) is 4.25. The number of carbonyl (C=O) groups excluding carboxylic acids is 4. The average molecular weight is 615 g/mol. The van der Waals surface area contributed by atoms with Crippen LogP contribution >= 0.6 is 11.8 Å². The molecule has 0 spiro atoms. The Labute approximate surface area is 259 Å². The van der Waals surface area contributed by atoms with Crippen molar-refractivity contribution in [3.05, 3.63) is 71.3 Å². The van der Waals surface area contributed by atoms with Gasteiger partial charge in [-0.3, -0.25) is 14.4 Å². The van der Waals surface area contributed by atoms with Crippen molar-refractivity contribution in [2.24, 2.45) is 0 Å². The Morgan fingerprint density at radius 1 is 1.09 bits per heavy atom. The molecule has 1 aliphatic heterocycles. The Bertz CT molecular complexity index is 1200. The molecule has 10 nitrogen and oxygen atoms in total. The lowest BCUT2D eigenvalue weighted by Gasteiger charge is -2.27. The Balaban J connectivity index is 0.000000490. The summed E-state index contributed by atoms with van der Waals surface area (Å²) in [6.07, 6.45) is -0.948. The van der Waals surface area contributed by atoms with Crippen molar-refractivity contribution in [2.75, 3.05) is 19.0 Å². The van der Waals surface area contributed by atoms with Gasteiger partial charge in [-0.05, 0) is 64.7 Å². The first-order valence-corrected chi connectivity index (χ1v) is 15.3. The molecule has 4 amide bonds. The number of carbonyl (C=O) groups is 4. The predicted octanol–water partition coefficient (Wildman–Crippen LogP) is 3.54. The van der Waals surface area contributed by atoms with Crippen molar-refractivity contribution < 1.29 is 29.0 Å². The summed E-state index contributed by atoms with van der Waals surface area (Å²) in [6.45, 7) is 12.6. The molecular formula is C32H46N4O6S. The van der Waals surface area contributed by atoms with Crippen molar-refractivity contribution in [3.8, 4) is 0 Å². The van der Waals surface area contributed by atoms with Crippen LogP contribution < -0.4 is 16.0 Å². The molecule has 236 valence electrons. The second-order valence-electron chi connectivity index (χ2n) is 12.0. The number of hydrogen-bond acceptors (Lipinski definition) is 7. The summed E-state index contributed by atoms with van der Waals surface area (Å²) in [5.41, 5.74) is 2.65. The molecule has 0 saturated carbocycles. The number of thioether (sulfide) groups is 1. The maximum absolute atomic E-state index is 12.9. The lowest BCUT2D eigenvalue weighted by molar-refractivity contribution is -0.141. The van der Waals surface area contributed by atoms with E-state index >= 15 is 0 Å². The van der Waals surface area contributed by atoms with Gasteiger partial charge in [-0.15, -0.1) is 11.8 Å². The van der Waals surface area contributed by atoms with E-state index in [4.69, 9.17) is 4.74 Å². The molecule has 2 aromatic carbocycles. The number of alkyl carbamates (subject to hydrolysis) is 1. The highest BCUT2D eigenvalue weighted by atomic mass is 32.2. The standard InChI is InChI=1S/C23H35N3O5S.C9H11NO/c1-22(2,3)31-21(30)24-12-11-18(27)25-17(13-16-9-7-6-8-10-16)19(28)20(29)26-14-23(4,5)32-15-26;1-8-4-2-3-5-9(8)6-10-7-11/h6-10,17,19,28H,11-15H2,1-5H3,(H,24,30)(H,25,27);2-5,7H,6H2,1H3,(H,10,11)/t17-,19-;/m0./s1. The predicted molar refractivity (Wildman–Crippen MR) is 169 cm³/mol. The van der Waals surface area contributed by atoms with Crippen molar-refractivity contribution >= 4 is 36.1 Å². The number of rotatable bonds is 11. The van der Waals surface area contributed by atoms with Crippen molar-refractivity contribution in [2.45, 2.75) is 83.4 Å². The molecule has 0 radical (unpaired) electrons. The number of aliphatic hydroxyl groups is 1. The maximum Gasteiger partial charge on any atom is 0.407 e. The molecule has 4 N–H and O–H groups in total. The highest BCUT2D eigenvalue weighted by Gasteiger charge is 2.38. The number of aliphatic hydroxyl groups excluding tert-OH is 1. The van der Waals surface area contributed by atoms with Gasteiger partial charge < -0.3 is 30.7 Å². The third-order valence-corrected chi connectivity index (χ3v) is 7.78. The van der Waals surface area contributed by atoms with E-state index in [0.29, 0.717) is 31.8 Å². The van der Waals surface area contributed by atoms with E-state index in [0.717, 1.165) is 5.56 Å². The smallest absolute Gasteiger partial charge is 0.407 e. The van der Waals surface area contributed by atoms with Crippen molar-refractivity contribution in [1.82, 2.24) is 20.9 Å². The number of hydrogen-bond donors (Lipinski definition) is 4. The largest absolute Gasteiger partial charge is 0.444 e. The van der Waals surface area contributed by atoms with Crippen LogP contribution in [0.3, 0.4) is 0 Å². The van der Waals surface area contributed by atoms with Gasteiger partial charge >= 0.3 is 6.09 Å². The molecule has 0 unspecified atom stereocenters. The van der Waals surface area contributed by atoms with Crippen LogP contribution in [-0.2, 0) is 32.1 Å². The van der Waals surface area contributed by atoms with Crippen LogP contribution in [0.4, 0.5) is 4.79 Å². The van der Waals surface area contributed by atoms with E-state index in [2.05, 4.69) is 29.8 Å². The zero-order valence-corrected chi connectivity index (χ0v) is 26.8. The van der Waals surface area contributed by atoms with Crippen molar-refractivity contribution in [3.63, 3.8) is 0 Å². The summed E-state index contributed by atoms with van der Waals surface area (Å²) in [7, 11) is 0. The lowest BCUT2D eigenvalue weighted by atomic mass is 9.99. The van der Waals surface area contributed by atoms with Gasteiger partial charge in [-0.2, -0.15) is 0 Å². The van der Waals surface area contributed by atoms with Gasteiger partial charge in [-0.25, -0.2) is 4.79 Å². The summed E-state index contributed by atoms with van der Waals surface area (Å²) in [4.78, 5) is 48.8. The molecule has 11 heteroatoms. The fraction of sp³-hybridized carbons (Fsp3) is 0.500. The van der Waals surface area contributed by atoms with Crippen LogP contribution in [0.25, 0.3) is 0 Å². The highest BCUT2D eigenvalue weighted by Crippen LogP contribution is 2.33. The molecule has 1 heterocycles. The number of ether oxygens (including phenoxy) is 1. The zero-order chi connectivity index (χ0) is 32.0. The molecule has 43 heavy (non-hydrogen) atoms. The SMILES string of the molecule is CC(C)(C)OC(=O)NCCC(=O)N[C@@H](Cc1ccccc1)[C@H](O)C(=O)N1CSC(C)(C)C1.Cc1ccccc1CNC=O. The molecule has 0 aromatic heterocycles. The van der Waals surface area contributed by atoms with Gasteiger partial charge in [0, 0.05) is 30.8 Å². The molecule has 0 aliphatic carbocycles. The first-order chi connectivity index (χ1) is 20.2. The van der Waals surface area contributed by atoms with Crippen LogP contribution in [0.5, 0.6) is 0 Å². The van der Waals surface area contributed by atoms with Gasteiger partial charge in [0.1, 0.15) is 5.60 Å². The van der Waals surface area contributed by atoms with E-state index in [1.807, 2.05) is 61.5 Å². The normalized spacial score (nSPS) is 15.3. The van der Waals surface area contributed by atoms with Crippen LogP contribution in [0.2, 0.25) is 0 Å². The summed E-state index contributed by atoms with van der Waals surface area (Å²) < 4.78 is 5.08. The third kappa shape index (κ3) is 13.5. The number of amides is 4. The topological polar surface area (TPSA) is 137 Å². The summed E-state index contributed by atoms with van der Waals surface area (Å²) in [5, 5.41) is 18.8. The summed E-state index contributed by atoms with van der Waals surface area (Å²) >= 11 is 1.66. The van der Waals surface area contributed by atoms with Crippen LogP contribution in [0, 0.1) is 6.92 Å². The van der Waals surface area contributed by atoms with Gasteiger partial charge in [0.15, 0.2) is 6.10 Å². The first kappa shape index (κ1) is 35.6. The molecule has 1 aliphatic rings. The molecule has 2 atom stereocenters. The molecular weight excluding hydrogens is 568 g/mol. The quantitative estimate of drug-likeness (QED) is 0.284. The Morgan fingerprint density at radius 2 is 1.74 bits per heavy atom. The van der Waals surface area contributed by atoms with Crippen LogP contribution in [0.15, 0.2) is 54.6 Å². The second kappa shape index (κ2) is 16.9. The monoisotopic (exact) mass is 614 g/mol. The number of aryl methyl sites for hydroxylation is 1. The van der Waals surface area contributed by atoms with Gasteiger partial charge in [0.25, 0.3) is 5.91 Å². The first-order valence-electron chi connectivity index (χ1n) is 14.3. The van der Waals surface area contributed by atoms with E-state index in [1.54, 1.807) is 37.4 Å². The van der Waals surface area contributed by atoms with Crippen molar-refractivity contribution in [1.29, 1.82) is 0 Å². The molecule has 1 fully saturated rings. The Morgan fingerprint density at radius 3 is 2.33 bits per heavy atom. The van der Waals surface area contributed by atoms with Crippen LogP contribution in [0.1, 0.15) is 57.7 Å². The summed E-state index contributed by atoms with van der Waals surface area (Å²) in [6, 6.07) is 16.6. The molecule has 2 aromatic rings. The van der Waals surface area contributed by atoms with E-state index < -0.39 is 29.7 Å². The number of nitrogens with one attached hydrogen (secondary N) is 3. The van der Waals surface area contributed by atoms with Gasteiger partial charge in [0.05, 0.1) is 11.9 Å². The van der Waals surface area contributed by atoms with E-state index in [-0.39, 0.29) is 23.6 Å². The highest BCUT2D eigenvalue weighted by molar-refractivity contribution is 8.00. The van der Waals surface area contributed by atoms with Gasteiger partial charge in [-0.1, -0.05) is 54.6 Å². The number of nitrogens with zero attached hydrogens (tertiary/aromatic N) is 1. The second-order valence-corrected chi connectivity index (χ2v) is 13.6.